The van der Waals surface area contributed by atoms with Crippen LogP contribution < -0.4 is 4.72 Å². The van der Waals surface area contributed by atoms with Gasteiger partial charge in [-0.2, -0.15) is 5.10 Å². The predicted octanol–water partition coefficient (Wildman–Crippen LogP) is 2.70. The minimum Gasteiger partial charge on any atom is -0.284 e. The zero-order valence-corrected chi connectivity index (χ0v) is 16.7. The van der Waals surface area contributed by atoms with Gasteiger partial charge in [-0.25, -0.2) is 18.4 Å². The molecule has 0 spiro atoms. The van der Waals surface area contributed by atoms with Gasteiger partial charge in [-0.3, -0.25) is 14.5 Å². The van der Waals surface area contributed by atoms with Crippen LogP contribution in [-0.4, -0.2) is 41.3 Å². The van der Waals surface area contributed by atoms with Gasteiger partial charge in [0.25, 0.3) is 0 Å². The molecule has 4 rings (SSSR count). The van der Waals surface area contributed by atoms with Crippen LogP contribution in [0.2, 0.25) is 0 Å². The number of nitrogens with zero attached hydrogens (tertiary/aromatic N) is 4. The Kier molecular flexibility index (Phi) is 4.75. The molecule has 148 valence electrons. The van der Waals surface area contributed by atoms with E-state index in [0.29, 0.717) is 23.5 Å². The van der Waals surface area contributed by atoms with Crippen LogP contribution in [0, 0.1) is 0 Å². The van der Waals surface area contributed by atoms with Crippen molar-refractivity contribution in [3.63, 3.8) is 0 Å². The molecule has 0 aliphatic carbocycles. The monoisotopic (exact) mass is 409 g/mol. The molecule has 0 fully saturated rings. The van der Waals surface area contributed by atoms with Crippen molar-refractivity contribution in [3.05, 3.63) is 66.0 Å². The molecule has 1 aromatic heterocycles. The summed E-state index contributed by atoms with van der Waals surface area (Å²) in [6, 6.07) is 14.1. The number of amides is 1. The van der Waals surface area contributed by atoms with E-state index < -0.39 is 10.0 Å². The van der Waals surface area contributed by atoms with Crippen molar-refractivity contribution in [3.8, 4) is 0 Å². The Labute approximate surface area is 168 Å². The summed E-state index contributed by atoms with van der Waals surface area (Å²) in [5.41, 5.74) is 4.04. The van der Waals surface area contributed by atoms with Gasteiger partial charge < -0.3 is 0 Å². The first-order valence-electron chi connectivity index (χ1n) is 8.97. The molecule has 29 heavy (non-hydrogen) atoms. The van der Waals surface area contributed by atoms with Crippen LogP contribution >= 0.6 is 0 Å². The molecule has 1 amide bonds. The zero-order valence-electron chi connectivity index (χ0n) is 15.9. The lowest BCUT2D eigenvalue weighted by Crippen LogP contribution is -2.25. The highest BCUT2D eigenvalue weighted by atomic mass is 32.2. The third-order valence-electron chi connectivity index (χ3n) is 4.54. The van der Waals surface area contributed by atoms with E-state index in [1.54, 1.807) is 24.4 Å². The molecule has 8 nitrogen and oxygen atoms in total. The van der Waals surface area contributed by atoms with Crippen molar-refractivity contribution in [2.45, 2.75) is 19.4 Å². The van der Waals surface area contributed by atoms with Gasteiger partial charge in [0.15, 0.2) is 0 Å². The number of nitrogens with one attached hydrogen (secondary N) is 1. The number of para-hydroxylation sites is 2. The number of carbonyl (C=O) groups is 1. The Morgan fingerprint density at radius 3 is 2.62 bits per heavy atom. The second-order valence-corrected chi connectivity index (χ2v) is 8.62. The van der Waals surface area contributed by atoms with Crippen molar-refractivity contribution in [2.75, 3.05) is 11.0 Å². The highest BCUT2D eigenvalue weighted by molar-refractivity contribution is 7.92. The van der Waals surface area contributed by atoms with Crippen molar-refractivity contribution in [2.24, 2.45) is 5.10 Å². The lowest BCUT2D eigenvalue weighted by molar-refractivity contribution is -0.130. The standard InChI is InChI=1S/C20H19N5O3S/c1-13(26)25-20(19-12-21-16-8-3-4-9-17(16)22-19)11-18(23-25)14-6-5-7-15(10-14)24-29(2,27)28/h3-10,12,20,24H,11H2,1-2H3. The van der Waals surface area contributed by atoms with E-state index in [1.165, 1.54) is 11.9 Å². The van der Waals surface area contributed by atoms with Crippen LogP contribution in [0.5, 0.6) is 0 Å². The molecule has 0 radical (unpaired) electrons. The molecule has 1 N–H and O–H groups in total. The van der Waals surface area contributed by atoms with Crippen LogP contribution in [0.1, 0.15) is 30.6 Å². The number of carbonyl (C=O) groups excluding carboxylic acids is 1. The minimum atomic E-state index is -3.39. The van der Waals surface area contributed by atoms with E-state index in [9.17, 15) is 13.2 Å². The van der Waals surface area contributed by atoms with Crippen LogP contribution in [0.4, 0.5) is 5.69 Å². The average molecular weight is 409 g/mol. The Morgan fingerprint density at radius 1 is 1.14 bits per heavy atom. The smallest absolute Gasteiger partial charge is 0.240 e. The van der Waals surface area contributed by atoms with Gasteiger partial charge in [0.05, 0.1) is 34.9 Å². The number of sulfonamides is 1. The van der Waals surface area contributed by atoms with E-state index >= 15 is 0 Å². The second-order valence-electron chi connectivity index (χ2n) is 6.87. The fourth-order valence-electron chi connectivity index (χ4n) is 3.31. The van der Waals surface area contributed by atoms with Crippen molar-refractivity contribution in [1.82, 2.24) is 15.0 Å². The van der Waals surface area contributed by atoms with E-state index in [-0.39, 0.29) is 11.9 Å². The number of rotatable bonds is 4. The summed E-state index contributed by atoms with van der Waals surface area (Å²) in [6.45, 7) is 1.45. The number of hydrogen-bond donors (Lipinski definition) is 1. The number of benzene rings is 2. The SMILES string of the molecule is CC(=O)N1N=C(c2cccc(NS(C)(=O)=O)c2)CC1c1cnc2ccccc2n1. The second kappa shape index (κ2) is 7.25. The predicted molar refractivity (Wildman–Crippen MR) is 111 cm³/mol. The van der Waals surface area contributed by atoms with Gasteiger partial charge in [-0.1, -0.05) is 24.3 Å². The van der Waals surface area contributed by atoms with Crippen LogP contribution in [0.15, 0.2) is 59.8 Å². The number of fused-ring (bicyclic) bond motifs is 1. The molecule has 1 atom stereocenters. The van der Waals surface area contributed by atoms with Crippen LogP contribution in [0.3, 0.4) is 0 Å². The third kappa shape index (κ3) is 4.09. The molecule has 1 unspecified atom stereocenters. The van der Waals surface area contributed by atoms with Crippen molar-refractivity contribution < 1.29 is 13.2 Å². The quantitative estimate of drug-likeness (QED) is 0.713. The molecule has 0 bridgehead atoms. The highest BCUT2D eigenvalue weighted by Gasteiger charge is 2.32. The molecular formula is C20H19N5O3S. The molecule has 2 aromatic carbocycles. The normalized spacial score (nSPS) is 16.7. The van der Waals surface area contributed by atoms with Gasteiger partial charge in [0.2, 0.25) is 15.9 Å². The summed E-state index contributed by atoms with van der Waals surface area (Å²) in [4.78, 5) is 21.3. The van der Waals surface area contributed by atoms with Crippen molar-refractivity contribution in [1.29, 1.82) is 0 Å². The lowest BCUT2D eigenvalue weighted by atomic mass is 10.0. The number of hydrogen-bond acceptors (Lipinski definition) is 6. The summed E-state index contributed by atoms with van der Waals surface area (Å²) in [5.74, 6) is -0.203. The van der Waals surface area contributed by atoms with Gasteiger partial charge in [-0.05, 0) is 29.8 Å². The van der Waals surface area contributed by atoms with Crippen molar-refractivity contribution >= 4 is 38.4 Å². The Morgan fingerprint density at radius 2 is 1.90 bits per heavy atom. The molecular weight excluding hydrogens is 390 g/mol. The summed E-state index contributed by atoms with van der Waals surface area (Å²) in [7, 11) is -3.39. The summed E-state index contributed by atoms with van der Waals surface area (Å²) in [5, 5.41) is 5.90. The molecule has 9 heteroatoms. The summed E-state index contributed by atoms with van der Waals surface area (Å²) < 4.78 is 25.5. The minimum absolute atomic E-state index is 0.203. The molecule has 0 saturated heterocycles. The van der Waals surface area contributed by atoms with Gasteiger partial charge in [-0.15, -0.1) is 0 Å². The van der Waals surface area contributed by atoms with Gasteiger partial charge >= 0.3 is 0 Å². The fourth-order valence-corrected chi connectivity index (χ4v) is 3.87. The number of anilines is 1. The number of aromatic nitrogens is 2. The van der Waals surface area contributed by atoms with Gasteiger partial charge in [0.1, 0.15) is 6.04 Å². The number of hydrazone groups is 1. The first-order chi connectivity index (χ1) is 13.8. The van der Waals surface area contributed by atoms with E-state index in [1.807, 2.05) is 30.3 Å². The molecule has 0 saturated carbocycles. The highest BCUT2D eigenvalue weighted by Crippen LogP contribution is 2.32. The van der Waals surface area contributed by atoms with Crippen LogP contribution in [-0.2, 0) is 14.8 Å². The zero-order chi connectivity index (χ0) is 20.6. The molecule has 1 aliphatic rings. The Hall–Kier alpha value is -3.33. The molecule has 2 heterocycles. The molecule has 3 aromatic rings. The lowest BCUT2D eigenvalue weighted by Gasteiger charge is -2.19. The summed E-state index contributed by atoms with van der Waals surface area (Å²) in [6.07, 6.45) is 3.22. The maximum Gasteiger partial charge on any atom is 0.240 e. The maximum atomic E-state index is 12.2. The fraction of sp³-hybridized carbons (Fsp3) is 0.200. The average Bonchev–Trinajstić information content (AvgIpc) is 3.12. The van der Waals surface area contributed by atoms with Crippen LogP contribution in [0.25, 0.3) is 11.0 Å². The molecule has 1 aliphatic heterocycles. The van der Waals surface area contributed by atoms with E-state index in [0.717, 1.165) is 22.9 Å². The van der Waals surface area contributed by atoms with E-state index in [4.69, 9.17) is 0 Å². The Bertz CT molecular complexity index is 1240. The first kappa shape index (κ1) is 19.0. The third-order valence-corrected chi connectivity index (χ3v) is 5.15. The van der Waals surface area contributed by atoms with E-state index in [2.05, 4.69) is 19.8 Å². The van der Waals surface area contributed by atoms with Gasteiger partial charge in [0, 0.05) is 19.0 Å². The maximum absolute atomic E-state index is 12.2. The largest absolute Gasteiger partial charge is 0.284 e. The topological polar surface area (TPSA) is 105 Å². The first-order valence-corrected chi connectivity index (χ1v) is 10.9. The Balaban J connectivity index is 1.68. The summed E-state index contributed by atoms with van der Waals surface area (Å²) >= 11 is 0.